The first-order valence-electron chi connectivity index (χ1n) is 6.94. The molecule has 1 rings (SSSR count). The van der Waals surface area contributed by atoms with Gasteiger partial charge in [0.2, 0.25) is 5.91 Å². The zero-order valence-corrected chi connectivity index (χ0v) is 12.6. The number of aromatic nitrogens is 1. The van der Waals surface area contributed by atoms with E-state index in [0.29, 0.717) is 19.5 Å². The Morgan fingerprint density at radius 1 is 1.37 bits per heavy atom. The van der Waals surface area contributed by atoms with E-state index in [9.17, 15) is 4.79 Å². The van der Waals surface area contributed by atoms with Gasteiger partial charge in [0, 0.05) is 24.9 Å². The van der Waals surface area contributed by atoms with E-state index in [1.807, 2.05) is 13.1 Å². The molecule has 0 unspecified atom stereocenters. The van der Waals surface area contributed by atoms with Crippen LogP contribution in [0.25, 0.3) is 0 Å². The molecule has 4 nitrogen and oxygen atoms in total. The standard InChI is InChI=1S/C15H27N3O/c1-12-5-6-13(18(12)4)11-17-14(19)7-8-15(2,3)9-10-16/h5-6H,7-11,16H2,1-4H3,(H,17,19). The fraction of sp³-hybridized carbons (Fsp3) is 0.667. The summed E-state index contributed by atoms with van der Waals surface area (Å²) in [5.74, 6) is 0.115. The highest BCUT2D eigenvalue weighted by Crippen LogP contribution is 2.25. The molecule has 3 N–H and O–H groups in total. The maximum Gasteiger partial charge on any atom is 0.220 e. The minimum atomic E-state index is 0.115. The third-order valence-corrected chi connectivity index (χ3v) is 3.79. The Hall–Kier alpha value is -1.29. The fourth-order valence-corrected chi connectivity index (χ4v) is 2.09. The van der Waals surface area contributed by atoms with E-state index >= 15 is 0 Å². The van der Waals surface area contributed by atoms with Crippen LogP contribution in [0.15, 0.2) is 12.1 Å². The zero-order chi connectivity index (χ0) is 14.5. The molecule has 19 heavy (non-hydrogen) atoms. The maximum atomic E-state index is 11.8. The van der Waals surface area contributed by atoms with Crippen molar-refractivity contribution < 1.29 is 4.79 Å². The topological polar surface area (TPSA) is 60.1 Å². The highest BCUT2D eigenvalue weighted by molar-refractivity contribution is 5.75. The van der Waals surface area contributed by atoms with Gasteiger partial charge in [0.15, 0.2) is 0 Å². The van der Waals surface area contributed by atoms with Crippen molar-refractivity contribution >= 4 is 5.91 Å². The van der Waals surface area contributed by atoms with Crippen LogP contribution in [-0.4, -0.2) is 17.0 Å². The lowest BCUT2D eigenvalue weighted by Gasteiger charge is -2.23. The van der Waals surface area contributed by atoms with Crippen molar-refractivity contribution in [1.29, 1.82) is 0 Å². The monoisotopic (exact) mass is 265 g/mol. The van der Waals surface area contributed by atoms with Crippen LogP contribution in [0.3, 0.4) is 0 Å². The highest BCUT2D eigenvalue weighted by atomic mass is 16.1. The summed E-state index contributed by atoms with van der Waals surface area (Å²) in [7, 11) is 2.02. The van der Waals surface area contributed by atoms with Crippen molar-refractivity contribution in [2.45, 2.75) is 46.6 Å². The van der Waals surface area contributed by atoms with Gasteiger partial charge in [-0.3, -0.25) is 4.79 Å². The van der Waals surface area contributed by atoms with Gasteiger partial charge in [0.05, 0.1) is 6.54 Å². The smallest absolute Gasteiger partial charge is 0.220 e. The molecule has 0 spiro atoms. The summed E-state index contributed by atoms with van der Waals surface area (Å²) in [6.45, 7) is 7.65. The molecule has 1 amide bonds. The lowest BCUT2D eigenvalue weighted by atomic mass is 9.84. The molecular formula is C15H27N3O. The van der Waals surface area contributed by atoms with Crippen molar-refractivity contribution in [3.8, 4) is 0 Å². The molecule has 0 aliphatic rings. The first kappa shape index (κ1) is 15.8. The molecule has 0 saturated heterocycles. The quantitative estimate of drug-likeness (QED) is 0.793. The molecule has 1 aromatic rings. The van der Waals surface area contributed by atoms with Crippen molar-refractivity contribution in [3.63, 3.8) is 0 Å². The van der Waals surface area contributed by atoms with Crippen LogP contribution in [0, 0.1) is 12.3 Å². The number of hydrogen-bond donors (Lipinski definition) is 2. The second-order valence-electron chi connectivity index (χ2n) is 6.00. The average Bonchev–Trinajstić information content (AvgIpc) is 2.65. The van der Waals surface area contributed by atoms with Gasteiger partial charge in [-0.25, -0.2) is 0 Å². The zero-order valence-electron chi connectivity index (χ0n) is 12.6. The molecular weight excluding hydrogens is 238 g/mol. The van der Waals surface area contributed by atoms with E-state index in [0.717, 1.165) is 18.5 Å². The van der Waals surface area contributed by atoms with Gasteiger partial charge in [-0.15, -0.1) is 0 Å². The molecule has 0 aliphatic heterocycles. The Kier molecular flexibility index (Phi) is 5.60. The normalized spacial score (nSPS) is 11.6. The molecule has 4 heteroatoms. The summed E-state index contributed by atoms with van der Waals surface area (Å²) in [6, 6.07) is 4.11. The molecule has 0 atom stereocenters. The van der Waals surface area contributed by atoms with Gasteiger partial charge < -0.3 is 15.6 Å². The molecule has 0 fully saturated rings. The summed E-state index contributed by atoms with van der Waals surface area (Å²) in [6.07, 6.45) is 2.40. The van der Waals surface area contributed by atoms with E-state index in [1.165, 1.54) is 5.69 Å². The molecule has 0 saturated carbocycles. The lowest BCUT2D eigenvalue weighted by Crippen LogP contribution is -2.26. The maximum absolute atomic E-state index is 11.8. The predicted octanol–water partition coefficient (Wildman–Crippen LogP) is 2.10. The predicted molar refractivity (Wildman–Crippen MR) is 78.7 cm³/mol. The molecule has 108 valence electrons. The minimum Gasteiger partial charge on any atom is -0.351 e. The second-order valence-corrected chi connectivity index (χ2v) is 6.00. The van der Waals surface area contributed by atoms with Gasteiger partial charge in [-0.2, -0.15) is 0 Å². The summed E-state index contributed by atoms with van der Waals surface area (Å²) in [5, 5.41) is 2.98. The van der Waals surface area contributed by atoms with E-state index in [-0.39, 0.29) is 11.3 Å². The molecule has 0 aromatic carbocycles. The molecule has 0 radical (unpaired) electrons. The van der Waals surface area contributed by atoms with Crippen LogP contribution in [0.4, 0.5) is 0 Å². The number of hydrogen-bond acceptors (Lipinski definition) is 2. The van der Waals surface area contributed by atoms with Crippen LogP contribution >= 0.6 is 0 Å². The van der Waals surface area contributed by atoms with E-state index in [1.54, 1.807) is 0 Å². The number of rotatable bonds is 7. The minimum absolute atomic E-state index is 0.115. The van der Waals surface area contributed by atoms with Gasteiger partial charge in [0.25, 0.3) is 0 Å². The number of carbonyl (C=O) groups is 1. The summed E-state index contributed by atoms with van der Waals surface area (Å²) >= 11 is 0. The van der Waals surface area contributed by atoms with Crippen LogP contribution in [-0.2, 0) is 18.4 Å². The number of amides is 1. The summed E-state index contributed by atoms with van der Waals surface area (Å²) < 4.78 is 2.10. The van der Waals surface area contributed by atoms with Crippen molar-refractivity contribution in [2.24, 2.45) is 18.2 Å². The summed E-state index contributed by atoms with van der Waals surface area (Å²) in [4.78, 5) is 11.8. The van der Waals surface area contributed by atoms with E-state index in [2.05, 4.69) is 36.7 Å². The molecule has 1 aromatic heterocycles. The molecule has 1 heterocycles. The average molecular weight is 265 g/mol. The number of aryl methyl sites for hydroxylation is 1. The SMILES string of the molecule is Cc1ccc(CNC(=O)CCC(C)(C)CCN)n1C. The largest absolute Gasteiger partial charge is 0.351 e. The molecule has 0 aliphatic carbocycles. The Morgan fingerprint density at radius 2 is 2.05 bits per heavy atom. The number of nitrogens with zero attached hydrogens (tertiary/aromatic N) is 1. The Balaban J connectivity index is 2.34. The van der Waals surface area contributed by atoms with Crippen LogP contribution < -0.4 is 11.1 Å². The van der Waals surface area contributed by atoms with E-state index < -0.39 is 0 Å². The van der Waals surface area contributed by atoms with Gasteiger partial charge in [0.1, 0.15) is 0 Å². The van der Waals surface area contributed by atoms with Crippen LogP contribution in [0.5, 0.6) is 0 Å². The first-order valence-corrected chi connectivity index (χ1v) is 6.94. The Bertz CT molecular complexity index is 421. The van der Waals surface area contributed by atoms with E-state index in [4.69, 9.17) is 5.73 Å². The van der Waals surface area contributed by atoms with Gasteiger partial charge in [-0.1, -0.05) is 13.8 Å². The summed E-state index contributed by atoms with van der Waals surface area (Å²) in [5.41, 5.74) is 8.05. The lowest BCUT2D eigenvalue weighted by molar-refractivity contribution is -0.121. The highest BCUT2D eigenvalue weighted by Gasteiger charge is 2.18. The fourth-order valence-electron chi connectivity index (χ4n) is 2.09. The van der Waals surface area contributed by atoms with Gasteiger partial charge in [-0.05, 0) is 43.9 Å². The first-order chi connectivity index (χ1) is 8.85. The number of nitrogens with two attached hydrogens (primary N) is 1. The van der Waals surface area contributed by atoms with Gasteiger partial charge >= 0.3 is 0 Å². The molecule has 0 bridgehead atoms. The van der Waals surface area contributed by atoms with Crippen LogP contribution in [0.1, 0.15) is 44.5 Å². The Labute approximate surface area is 116 Å². The van der Waals surface area contributed by atoms with Crippen molar-refractivity contribution in [2.75, 3.05) is 6.54 Å². The van der Waals surface area contributed by atoms with Crippen LogP contribution in [0.2, 0.25) is 0 Å². The second kappa shape index (κ2) is 6.75. The van der Waals surface area contributed by atoms with Crippen molar-refractivity contribution in [1.82, 2.24) is 9.88 Å². The van der Waals surface area contributed by atoms with Crippen molar-refractivity contribution in [3.05, 3.63) is 23.5 Å². The Morgan fingerprint density at radius 3 is 2.58 bits per heavy atom. The third kappa shape index (κ3) is 5.07. The number of nitrogens with one attached hydrogen (secondary N) is 1. The third-order valence-electron chi connectivity index (χ3n) is 3.79. The number of carbonyl (C=O) groups excluding carboxylic acids is 1.